The summed E-state index contributed by atoms with van der Waals surface area (Å²) in [6.07, 6.45) is 17.9. The van der Waals surface area contributed by atoms with Crippen LogP contribution < -0.4 is 0 Å². The summed E-state index contributed by atoms with van der Waals surface area (Å²) in [6, 6.07) is 2.35. The summed E-state index contributed by atoms with van der Waals surface area (Å²) in [4.78, 5) is 12.2. The van der Waals surface area contributed by atoms with Crippen molar-refractivity contribution in [3.05, 3.63) is 0 Å². The largest absolute Gasteiger partial charge is 0.444 e. The van der Waals surface area contributed by atoms with Gasteiger partial charge in [0.2, 0.25) is 0 Å². The number of hydrogen-bond acceptors (Lipinski definition) is 3. The summed E-state index contributed by atoms with van der Waals surface area (Å²) in [7, 11) is 0. The molecule has 2 aliphatic rings. The van der Waals surface area contributed by atoms with E-state index in [9.17, 15) is 10.1 Å². The SMILES string of the molecule is CCCCCCCCC(=O)O[C@]1(C#N)CC[C@@H](C2CCCCC2)CC1. The highest BCUT2D eigenvalue weighted by Gasteiger charge is 2.40. The lowest BCUT2D eigenvalue weighted by atomic mass is 9.70. The Bertz CT molecular complexity index is 426. The molecule has 3 heteroatoms. The first kappa shape index (κ1) is 20.3. The lowest BCUT2D eigenvalue weighted by Gasteiger charge is -2.39. The molecule has 2 aliphatic carbocycles. The van der Waals surface area contributed by atoms with Crippen molar-refractivity contribution >= 4 is 5.97 Å². The number of nitriles is 1. The fourth-order valence-electron chi connectivity index (χ4n) is 4.74. The van der Waals surface area contributed by atoms with Gasteiger partial charge in [0, 0.05) is 19.3 Å². The summed E-state index contributed by atoms with van der Waals surface area (Å²) in [5, 5.41) is 9.63. The van der Waals surface area contributed by atoms with Crippen LogP contribution in [0.2, 0.25) is 0 Å². The second-order valence-electron chi connectivity index (χ2n) is 8.33. The minimum Gasteiger partial charge on any atom is -0.444 e. The molecule has 2 rings (SSSR count). The Hall–Kier alpha value is -1.04. The van der Waals surface area contributed by atoms with E-state index in [1.807, 2.05) is 0 Å². The first-order chi connectivity index (χ1) is 12.2. The molecule has 0 unspecified atom stereocenters. The summed E-state index contributed by atoms with van der Waals surface area (Å²) < 4.78 is 5.69. The predicted molar refractivity (Wildman–Crippen MR) is 101 cm³/mol. The van der Waals surface area contributed by atoms with Crippen LogP contribution in [-0.2, 0) is 9.53 Å². The second-order valence-corrected chi connectivity index (χ2v) is 8.33. The monoisotopic (exact) mass is 347 g/mol. The Labute approximate surface area is 154 Å². The summed E-state index contributed by atoms with van der Waals surface area (Å²) in [6.45, 7) is 2.21. The van der Waals surface area contributed by atoms with Gasteiger partial charge in [0.25, 0.3) is 0 Å². The Morgan fingerprint density at radius 1 is 0.960 bits per heavy atom. The molecule has 2 fully saturated rings. The van der Waals surface area contributed by atoms with Crippen LogP contribution in [0.3, 0.4) is 0 Å². The molecule has 0 atom stereocenters. The van der Waals surface area contributed by atoms with Crippen LogP contribution in [0.5, 0.6) is 0 Å². The summed E-state index contributed by atoms with van der Waals surface area (Å²) in [5.41, 5.74) is -0.829. The molecule has 3 nitrogen and oxygen atoms in total. The van der Waals surface area contributed by atoms with Gasteiger partial charge in [0.1, 0.15) is 6.07 Å². The van der Waals surface area contributed by atoms with Crippen molar-refractivity contribution < 1.29 is 9.53 Å². The zero-order valence-electron chi connectivity index (χ0n) is 16.2. The van der Waals surface area contributed by atoms with Gasteiger partial charge >= 0.3 is 5.97 Å². The summed E-state index contributed by atoms with van der Waals surface area (Å²) >= 11 is 0. The number of unbranched alkanes of at least 4 members (excludes halogenated alkanes) is 5. The van der Waals surface area contributed by atoms with E-state index in [1.165, 1.54) is 57.8 Å². The molecule has 0 aromatic rings. The van der Waals surface area contributed by atoms with E-state index in [1.54, 1.807) is 0 Å². The number of ether oxygens (including phenoxy) is 1. The van der Waals surface area contributed by atoms with Gasteiger partial charge < -0.3 is 4.74 Å². The minimum absolute atomic E-state index is 0.159. The molecule has 0 bridgehead atoms. The van der Waals surface area contributed by atoms with Gasteiger partial charge in [-0.1, -0.05) is 71.1 Å². The van der Waals surface area contributed by atoms with Crippen molar-refractivity contribution in [1.29, 1.82) is 5.26 Å². The van der Waals surface area contributed by atoms with Crippen LogP contribution in [0.15, 0.2) is 0 Å². The van der Waals surface area contributed by atoms with E-state index in [0.717, 1.165) is 50.4 Å². The topological polar surface area (TPSA) is 50.1 Å². The van der Waals surface area contributed by atoms with Crippen LogP contribution in [0.4, 0.5) is 0 Å². The van der Waals surface area contributed by atoms with Crippen LogP contribution >= 0.6 is 0 Å². The van der Waals surface area contributed by atoms with Crippen molar-refractivity contribution in [3.8, 4) is 6.07 Å². The van der Waals surface area contributed by atoms with Crippen molar-refractivity contribution in [2.24, 2.45) is 11.8 Å². The Morgan fingerprint density at radius 3 is 2.20 bits per heavy atom. The first-order valence-electron chi connectivity index (χ1n) is 10.8. The molecular weight excluding hydrogens is 310 g/mol. The number of carbonyl (C=O) groups excluding carboxylic acids is 1. The fraction of sp³-hybridized carbons (Fsp3) is 0.909. The standard InChI is InChI=1S/C22H37NO2/c1-2-3-4-5-6-10-13-21(24)25-22(18-23)16-14-20(15-17-22)19-11-8-7-9-12-19/h19-20H,2-17H2,1H3/t20-,22-. The minimum atomic E-state index is -0.829. The smallest absolute Gasteiger partial charge is 0.307 e. The van der Waals surface area contributed by atoms with E-state index in [-0.39, 0.29) is 5.97 Å². The van der Waals surface area contributed by atoms with Gasteiger partial charge in [-0.05, 0) is 31.1 Å². The van der Waals surface area contributed by atoms with Gasteiger partial charge in [0.15, 0.2) is 5.60 Å². The highest BCUT2D eigenvalue weighted by molar-refractivity contribution is 5.70. The molecule has 25 heavy (non-hydrogen) atoms. The lowest BCUT2D eigenvalue weighted by molar-refractivity contribution is -0.158. The second kappa shape index (κ2) is 10.8. The first-order valence-corrected chi connectivity index (χ1v) is 10.8. The van der Waals surface area contributed by atoms with Crippen LogP contribution in [0.1, 0.15) is 110 Å². The summed E-state index contributed by atoms with van der Waals surface area (Å²) in [5.74, 6) is 1.44. The van der Waals surface area contributed by atoms with E-state index in [0.29, 0.717) is 6.42 Å². The molecule has 0 aliphatic heterocycles. The van der Waals surface area contributed by atoms with Gasteiger partial charge in [-0.3, -0.25) is 4.79 Å². The molecule has 0 radical (unpaired) electrons. The quantitative estimate of drug-likeness (QED) is 0.362. The van der Waals surface area contributed by atoms with E-state index in [4.69, 9.17) is 4.74 Å². The normalized spacial score (nSPS) is 27.6. The van der Waals surface area contributed by atoms with Crippen LogP contribution in [-0.4, -0.2) is 11.6 Å². The molecule has 0 amide bonds. The molecule has 0 aromatic heterocycles. The van der Waals surface area contributed by atoms with E-state index >= 15 is 0 Å². The van der Waals surface area contributed by atoms with Crippen molar-refractivity contribution in [2.75, 3.05) is 0 Å². The number of hydrogen-bond donors (Lipinski definition) is 0. The van der Waals surface area contributed by atoms with Gasteiger partial charge in [-0.15, -0.1) is 0 Å². The van der Waals surface area contributed by atoms with Crippen molar-refractivity contribution in [1.82, 2.24) is 0 Å². The highest BCUT2D eigenvalue weighted by Crippen LogP contribution is 2.42. The third kappa shape index (κ3) is 6.65. The molecule has 2 saturated carbocycles. The molecular formula is C22H37NO2. The molecule has 0 aromatic carbocycles. The molecule has 0 spiro atoms. The Balaban J connectivity index is 1.68. The van der Waals surface area contributed by atoms with Gasteiger partial charge in [-0.25, -0.2) is 0 Å². The zero-order valence-corrected chi connectivity index (χ0v) is 16.2. The van der Waals surface area contributed by atoms with E-state index < -0.39 is 5.60 Å². The molecule has 142 valence electrons. The maximum atomic E-state index is 12.2. The number of nitrogens with zero attached hydrogens (tertiary/aromatic N) is 1. The average molecular weight is 348 g/mol. The predicted octanol–water partition coefficient (Wildman–Crippen LogP) is 6.31. The van der Waals surface area contributed by atoms with Crippen LogP contribution in [0.25, 0.3) is 0 Å². The molecule has 0 heterocycles. The molecule has 0 N–H and O–H groups in total. The van der Waals surface area contributed by atoms with Crippen LogP contribution in [0, 0.1) is 23.2 Å². The number of rotatable bonds is 9. The third-order valence-corrected chi connectivity index (χ3v) is 6.40. The highest BCUT2D eigenvalue weighted by atomic mass is 16.6. The van der Waals surface area contributed by atoms with Gasteiger partial charge in [0.05, 0.1) is 0 Å². The lowest BCUT2D eigenvalue weighted by Crippen LogP contribution is -2.39. The third-order valence-electron chi connectivity index (χ3n) is 6.40. The number of carbonyl (C=O) groups is 1. The van der Waals surface area contributed by atoms with E-state index in [2.05, 4.69) is 13.0 Å². The zero-order chi connectivity index (χ0) is 18.0. The maximum absolute atomic E-state index is 12.2. The van der Waals surface area contributed by atoms with Gasteiger partial charge in [-0.2, -0.15) is 5.26 Å². The fourth-order valence-corrected chi connectivity index (χ4v) is 4.74. The Morgan fingerprint density at radius 2 is 1.56 bits per heavy atom. The number of esters is 1. The Kier molecular flexibility index (Phi) is 8.79. The average Bonchev–Trinajstić information content (AvgIpc) is 2.66. The molecule has 0 saturated heterocycles. The van der Waals surface area contributed by atoms with Crippen molar-refractivity contribution in [3.63, 3.8) is 0 Å². The maximum Gasteiger partial charge on any atom is 0.307 e. The van der Waals surface area contributed by atoms with Crippen molar-refractivity contribution in [2.45, 2.75) is 115 Å².